The Morgan fingerprint density at radius 3 is 2.58 bits per heavy atom. The van der Waals surface area contributed by atoms with Gasteiger partial charge in [-0.25, -0.2) is 4.79 Å². The maximum absolute atomic E-state index is 12.9. The topological polar surface area (TPSA) is 85.3 Å². The molecule has 0 aliphatic carbocycles. The van der Waals surface area contributed by atoms with E-state index in [1.54, 1.807) is 10.9 Å². The lowest BCUT2D eigenvalue weighted by atomic mass is 10.1. The number of nitrogens with one attached hydrogen (secondary N) is 2. The quantitative estimate of drug-likeness (QED) is 0.581. The number of nitrogens with zero attached hydrogens (tertiary/aromatic N) is 2. The molecule has 1 atom stereocenters. The van der Waals surface area contributed by atoms with E-state index in [1.165, 1.54) is 11.3 Å². The summed E-state index contributed by atoms with van der Waals surface area (Å²) in [7, 11) is 1.87. The van der Waals surface area contributed by atoms with Crippen LogP contribution in [0, 0.1) is 0 Å². The number of aryl methyl sites for hydroxylation is 1. The first-order valence-corrected chi connectivity index (χ1v) is 11.0. The number of hydrogen-bond donors (Lipinski definition) is 2. The van der Waals surface area contributed by atoms with Gasteiger partial charge >= 0.3 is 6.09 Å². The lowest BCUT2D eigenvalue weighted by molar-refractivity contribution is 0.0519. The molecule has 2 heterocycles. The number of hydrogen-bond acceptors (Lipinski definition) is 5. The second kappa shape index (κ2) is 9.78. The number of rotatable bonds is 7. The smallest absolute Gasteiger partial charge is 0.407 e. The van der Waals surface area contributed by atoms with E-state index in [4.69, 9.17) is 4.74 Å². The second-order valence-electron chi connectivity index (χ2n) is 8.28. The van der Waals surface area contributed by atoms with Crippen molar-refractivity contribution in [3.8, 4) is 10.6 Å². The van der Waals surface area contributed by atoms with Crippen LogP contribution in [0.3, 0.4) is 0 Å². The van der Waals surface area contributed by atoms with Crippen molar-refractivity contribution in [1.29, 1.82) is 0 Å². The number of carbonyl (C=O) groups is 2. The van der Waals surface area contributed by atoms with Gasteiger partial charge in [0.2, 0.25) is 0 Å². The number of carbonyl (C=O) groups excluding carboxylic acids is 2. The summed E-state index contributed by atoms with van der Waals surface area (Å²) < 4.78 is 7.09. The lowest BCUT2D eigenvalue weighted by Gasteiger charge is -2.23. The van der Waals surface area contributed by atoms with Crippen molar-refractivity contribution < 1.29 is 14.3 Å². The van der Waals surface area contributed by atoms with Gasteiger partial charge in [-0.3, -0.25) is 9.48 Å². The Morgan fingerprint density at radius 2 is 1.94 bits per heavy atom. The van der Waals surface area contributed by atoms with Gasteiger partial charge in [-0.15, -0.1) is 11.3 Å². The number of amides is 2. The third-order valence-corrected chi connectivity index (χ3v) is 5.44. The van der Waals surface area contributed by atoms with Crippen LogP contribution in [-0.4, -0.2) is 40.0 Å². The third-order valence-electron chi connectivity index (χ3n) is 4.49. The van der Waals surface area contributed by atoms with Crippen molar-refractivity contribution in [2.45, 2.75) is 38.8 Å². The summed E-state index contributed by atoms with van der Waals surface area (Å²) in [5.74, 6) is -0.184. The number of aromatic nitrogens is 2. The molecule has 1 unspecified atom stereocenters. The van der Waals surface area contributed by atoms with Gasteiger partial charge in [-0.05, 0) is 44.9 Å². The van der Waals surface area contributed by atoms with Crippen molar-refractivity contribution in [2.75, 3.05) is 6.54 Å². The number of ether oxygens (including phenoxy) is 1. The summed E-state index contributed by atoms with van der Waals surface area (Å²) in [5.41, 5.74) is 2.02. The molecular weight excluding hydrogens is 412 g/mol. The zero-order valence-electron chi connectivity index (χ0n) is 18.2. The Bertz CT molecular complexity index is 1020. The highest BCUT2D eigenvalue weighted by Crippen LogP contribution is 2.26. The number of thiophene rings is 1. The zero-order chi connectivity index (χ0) is 22.4. The molecule has 31 heavy (non-hydrogen) atoms. The molecule has 8 heteroatoms. The fourth-order valence-electron chi connectivity index (χ4n) is 3.07. The van der Waals surface area contributed by atoms with E-state index < -0.39 is 11.7 Å². The SMILES string of the molecule is Cn1nccc1-c1cc(C(=O)NC(CNC(=O)OC(C)(C)C)Cc2ccccc2)cs1. The van der Waals surface area contributed by atoms with Crippen LogP contribution in [0.4, 0.5) is 4.79 Å². The molecule has 2 aromatic heterocycles. The van der Waals surface area contributed by atoms with Crippen molar-refractivity contribution in [1.82, 2.24) is 20.4 Å². The molecule has 0 radical (unpaired) electrons. The van der Waals surface area contributed by atoms with Gasteiger partial charge in [0, 0.05) is 25.2 Å². The minimum atomic E-state index is -0.582. The van der Waals surface area contributed by atoms with Crippen LogP contribution in [-0.2, 0) is 18.2 Å². The highest BCUT2D eigenvalue weighted by molar-refractivity contribution is 7.13. The summed E-state index contributed by atoms with van der Waals surface area (Å²) in [6.07, 6.45) is 1.81. The predicted octanol–water partition coefficient (Wildman–Crippen LogP) is 4.01. The summed E-state index contributed by atoms with van der Waals surface area (Å²) in [6, 6.07) is 13.3. The normalized spacial score (nSPS) is 12.3. The standard InChI is InChI=1S/C23H28N4O3S/c1-23(2,3)30-22(29)24-14-18(12-16-8-6-5-7-9-16)26-21(28)17-13-20(31-15-17)19-10-11-25-27(19)4/h5-11,13,15,18H,12,14H2,1-4H3,(H,24,29)(H,26,28). The molecule has 0 aliphatic heterocycles. The highest BCUT2D eigenvalue weighted by Gasteiger charge is 2.20. The monoisotopic (exact) mass is 440 g/mol. The van der Waals surface area contributed by atoms with Crippen LogP contribution in [0.15, 0.2) is 54.0 Å². The van der Waals surface area contributed by atoms with Crippen molar-refractivity contribution in [2.24, 2.45) is 7.05 Å². The van der Waals surface area contributed by atoms with Gasteiger partial charge < -0.3 is 15.4 Å². The van der Waals surface area contributed by atoms with Gasteiger partial charge in [0.05, 0.1) is 22.2 Å². The van der Waals surface area contributed by atoms with E-state index in [1.807, 2.05) is 75.7 Å². The molecule has 0 aliphatic rings. The first kappa shape index (κ1) is 22.6. The molecule has 7 nitrogen and oxygen atoms in total. The van der Waals surface area contributed by atoms with Gasteiger partial charge in [-0.1, -0.05) is 30.3 Å². The third kappa shape index (κ3) is 6.68. The second-order valence-corrected chi connectivity index (χ2v) is 9.19. The average Bonchev–Trinajstić information content (AvgIpc) is 3.34. The maximum Gasteiger partial charge on any atom is 0.407 e. The van der Waals surface area contributed by atoms with Crippen molar-refractivity contribution in [3.05, 3.63) is 65.2 Å². The van der Waals surface area contributed by atoms with Crippen LogP contribution in [0.2, 0.25) is 0 Å². The molecule has 3 rings (SSSR count). The molecule has 164 valence electrons. The summed E-state index contributed by atoms with van der Waals surface area (Å²) >= 11 is 1.49. The zero-order valence-corrected chi connectivity index (χ0v) is 19.0. The molecule has 2 N–H and O–H groups in total. The molecule has 0 bridgehead atoms. The fourth-order valence-corrected chi connectivity index (χ4v) is 4.01. The minimum Gasteiger partial charge on any atom is -0.444 e. The maximum atomic E-state index is 12.9. The van der Waals surface area contributed by atoms with Gasteiger partial charge in [0.1, 0.15) is 5.60 Å². The van der Waals surface area contributed by atoms with Crippen molar-refractivity contribution in [3.63, 3.8) is 0 Å². The first-order chi connectivity index (χ1) is 14.7. The molecule has 3 aromatic rings. The van der Waals surface area contributed by atoms with Crippen LogP contribution in [0.1, 0.15) is 36.7 Å². The van der Waals surface area contributed by atoms with Crippen LogP contribution in [0.5, 0.6) is 0 Å². The predicted molar refractivity (Wildman–Crippen MR) is 122 cm³/mol. The molecule has 0 saturated carbocycles. The first-order valence-electron chi connectivity index (χ1n) is 10.1. The van der Waals surface area contributed by atoms with E-state index in [2.05, 4.69) is 15.7 Å². The number of alkyl carbamates (subject to hydrolysis) is 1. The Labute approximate surface area is 186 Å². The van der Waals surface area contributed by atoms with Crippen molar-refractivity contribution >= 4 is 23.3 Å². The lowest BCUT2D eigenvalue weighted by Crippen LogP contribution is -2.46. The van der Waals surface area contributed by atoms with E-state index in [0.29, 0.717) is 12.0 Å². The summed E-state index contributed by atoms with van der Waals surface area (Å²) in [5, 5.41) is 11.8. The summed E-state index contributed by atoms with van der Waals surface area (Å²) in [6.45, 7) is 5.69. The molecular formula is C23H28N4O3S. The van der Waals surface area contributed by atoms with Crippen LogP contribution in [0.25, 0.3) is 10.6 Å². The Morgan fingerprint density at radius 1 is 1.19 bits per heavy atom. The van der Waals surface area contributed by atoms with E-state index in [9.17, 15) is 9.59 Å². The fraction of sp³-hybridized carbons (Fsp3) is 0.348. The minimum absolute atomic E-state index is 0.184. The Balaban J connectivity index is 1.68. The molecule has 1 aromatic carbocycles. The van der Waals surface area contributed by atoms with E-state index in [0.717, 1.165) is 16.1 Å². The van der Waals surface area contributed by atoms with Gasteiger partial charge in [-0.2, -0.15) is 5.10 Å². The van der Waals surface area contributed by atoms with Crippen LogP contribution >= 0.6 is 11.3 Å². The molecule has 0 spiro atoms. The molecule has 0 saturated heterocycles. The highest BCUT2D eigenvalue weighted by atomic mass is 32.1. The largest absolute Gasteiger partial charge is 0.444 e. The Kier molecular flexibility index (Phi) is 7.12. The number of benzene rings is 1. The molecule has 0 fully saturated rings. The average molecular weight is 441 g/mol. The molecule has 2 amide bonds. The van der Waals surface area contributed by atoms with E-state index in [-0.39, 0.29) is 18.5 Å². The summed E-state index contributed by atoms with van der Waals surface area (Å²) in [4.78, 5) is 26.0. The Hall–Kier alpha value is -3.13. The van der Waals surface area contributed by atoms with Crippen LogP contribution < -0.4 is 10.6 Å². The van der Waals surface area contributed by atoms with Gasteiger partial charge in [0.25, 0.3) is 5.91 Å². The van der Waals surface area contributed by atoms with Gasteiger partial charge in [0.15, 0.2) is 0 Å². The van der Waals surface area contributed by atoms with E-state index >= 15 is 0 Å².